The summed E-state index contributed by atoms with van der Waals surface area (Å²) in [6, 6.07) is 1.84. The highest BCUT2D eigenvalue weighted by atomic mass is 79.9. The van der Waals surface area contributed by atoms with Gasteiger partial charge in [0.25, 0.3) is 5.91 Å². The second kappa shape index (κ2) is 6.11. The molecule has 0 unspecified atom stereocenters. The molecule has 6 heteroatoms. The van der Waals surface area contributed by atoms with Crippen molar-refractivity contribution < 1.29 is 9.00 Å². The zero-order valence-electron chi connectivity index (χ0n) is 10.1. The van der Waals surface area contributed by atoms with Crippen molar-refractivity contribution in [2.24, 2.45) is 0 Å². The summed E-state index contributed by atoms with van der Waals surface area (Å²) in [6.45, 7) is 6.23. The third kappa shape index (κ3) is 4.52. The van der Waals surface area contributed by atoms with Crippen LogP contribution in [0.25, 0.3) is 0 Å². The molecule has 0 aromatic carbocycles. The molecule has 0 radical (unpaired) electrons. The van der Waals surface area contributed by atoms with Crippen LogP contribution >= 0.6 is 27.3 Å². The maximum absolute atomic E-state index is 11.8. The maximum Gasteiger partial charge on any atom is 0.262 e. The smallest absolute Gasteiger partial charge is 0.262 e. The molecule has 1 N–H and O–H groups in total. The average molecular weight is 338 g/mol. The number of carbonyl (C=O) groups is 1. The first-order valence-corrected chi connectivity index (χ1v) is 8.21. The summed E-state index contributed by atoms with van der Waals surface area (Å²) in [5.74, 6) is 0.371. The lowest BCUT2D eigenvalue weighted by atomic mass is 10.3. The van der Waals surface area contributed by atoms with Crippen molar-refractivity contribution in [3.8, 4) is 0 Å². The largest absolute Gasteiger partial charge is 0.350 e. The third-order valence-corrected chi connectivity index (χ3v) is 5.86. The number of amides is 1. The van der Waals surface area contributed by atoms with Crippen LogP contribution in [0.5, 0.6) is 0 Å². The molecule has 0 saturated heterocycles. The first-order chi connectivity index (χ1) is 7.82. The molecule has 0 aliphatic carbocycles. The maximum atomic E-state index is 11.8. The molecule has 1 heterocycles. The number of hydrogen-bond acceptors (Lipinski definition) is 3. The van der Waals surface area contributed by atoms with Crippen molar-refractivity contribution in [2.45, 2.75) is 25.5 Å². The zero-order chi connectivity index (χ0) is 13.1. The molecule has 0 spiro atoms. The third-order valence-electron chi connectivity index (χ3n) is 2.08. The number of rotatable bonds is 4. The summed E-state index contributed by atoms with van der Waals surface area (Å²) < 4.78 is 12.3. The standard InChI is InChI=1S/C11H16BrNO2S2/c1-11(2,3)17(15)7-5-13-10(14)9-8(12)4-6-16-9/h4,6H,5,7H2,1-3H3,(H,13,14)/t17-/m0/s1. The van der Waals surface area contributed by atoms with E-state index in [4.69, 9.17) is 0 Å². The molecule has 1 amide bonds. The molecule has 0 saturated carbocycles. The van der Waals surface area contributed by atoms with Gasteiger partial charge in [0.1, 0.15) is 4.88 Å². The Kier molecular flexibility index (Phi) is 5.34. The van der Waals surface area contributed by atoms with E-state index in [1.165, 1.54) is 11.3 Å². The van der Waals surface area contributed by atoms with Gasteiger partial charge in [-0.25, -0.2) is 0 Å². The average Bonchev–Trinajstić information content (AvgIpc) is 2.62. The summed E-state index contributed by atoms with van der Waals surface area (Å²) in [5.41, 5.74) is 0. The van der Waals surface area contributed by atoms with Gasteiger partial charge < -0.3 is 5.32 Å². The number of hydrogen-bond donors (Lipinski definition) is 1. The lowest BCUT2D eigenvalue weighted by Crippen LogP contribution is -2.32. The number of nitrogens with one attached hydrogen (secondary N) is 1. The minimum absolute atomic E-state index is 0.113. The van der Waals surface area contributed by atoms with E-state index in [-0.39, 0.29) is 10.7 Å². The lowest BCUT2D eigenvalue weighted by Gasteiger charge is -2.17. The topological polar surface area (TPSA) is 46.2 Å². The van der Waals surface area contributed by atoms with Gasteiger partial charge in [-0.1, -0.05) is 0 Å². The molecule has 1 aromatic heterocycles. The Morgan fingerprint density at radius 1 is 1.53 bits per heavy atom. The molecule has 0 fully saturated rings. The van der Waals surface area contributed by atoms with Crippen LogP contribution in [0.4, 0.5) is 0 Å². The van der Waals surface area contributed by atoms with E-state index >= 15 is 0 Å². The van der Waals surface area contributed by atoms with Crippen LogP contribution in [0.3, 0.4) is 0 Å². The summed E-state index contributed by atoms with van der Waals surface area (Å²) in [7, 11) is -0.929. The molecular formula is C11H16BrNO2S2. The van der Waals surface area contributed by atoms with E-state index in [1.807, 2.05) is 32.2 Å². The fourth-order valence-corrected chi connectivity index (χ4v) is 3.47. The summed E-state index contributed by atoms with van der Waals surface area (Å²) in [6.07, 6.45) is 0. The molecule has 1 aromatic rings. The van der Waals surface area contributed by atoms with Gasteiger partial charge in [0.2, 0.25) is 0 Å². The molecule has 1 atom stereocenters. The van der Waals surface area contributed by atoms with E-state index in [9.17, 15) is 9.00 Å². The molecule has 0 bridgehead atoms. The van der Waals surface area contributed by atoms with Gasteiger partial charge in [-0.3, -0.25) is 9.00 Å². The molecule has 96 valence electrons. The first kappa shape index (κ1) is 14.9. The van der Waals surface area contributed by atoms with Gasteiger partial charge in [0, 0.05) is 32.3 Å². The first-order valence-electron chi connectivity index (χ1n) is 5.22. The van der Waals surface area contributed by atoms with Gasteiger partial charge in [0.05, 0.1) is 0 Å². The Morgan fingerprint density at radius 3 is 2.65 bits per heavy atom. The second-order valence-electron chi connectivity index (χ2n) is 4.52. The molecule has 17 heavy (non-hydrogen) atoms. The van der Waals surface area contributed by atoms with Crippen molar-refractivity contribution in [3.63, 3.8) is 0 Å². The van der Waals surface area contributed by atoms with E-state index in [0.29, 0.717) is 17.2 Å². The minimum Gasteiger partial charge on any atom is -0.350 e. The van der Waals surface area contributed by atoms with Gasteiger partial charge in [-0.15, -0.1) is 11.3 Å². The van der Waals surface area contributed by atoms with E-state index in [1.54, 1.807) is 0 Å². The fraction of sp³-hybridized carbons (Fsp3) is 0.545. The van der Waals surface area contributed by atoms with Crippen molar-refractivity contribution in [3.05, 3.63) is 20.8 Å². The normalized spacial score (nSPS) is 13.4. The zero-order valence-corrected chi connectivity index (χ0v) is 13.3. The van der Waals surface area contributed by atoms with Crippen LogP contribution in [0.2, 0.25) is 0 Å². The predicted molar refractivity (Wildman–Crippen MR) is 77.1 cm³/mol. The van der Waals surface area contributed by atoms with Crippen molar-refractivity contribution in [2.75, 3.05) is 12.3 Å². The van der Waals surface area contributed by atoms with Crippen LogP contribution in [-0.4, -0.2) is 27.2 Å². The highest BCUT2D eigenvalue weighted by Gasteiger charge is 2.19. The monoisotopic (exact) mass is 337 g/mol. The SMILES string of the molecule is CC(C)(C)[S@@](=O)CCNC(=O)c1sccc1Br. The van der Waals surface area contributed by atoms with Crippen molar-refractivity contribution in [1.82, 2.24) is 5.32 Å². The van der Waals surface area contributed by atoms with Gasteiger partial charge in [-0.2, -0.15) is 0 Å². The van der Waals surface area contributed by atoms with Crippen LogP contribution in [0.15, 0.2) is 15.9 Å². The Labute approximate surface area is 117 Å². The fourth-order valence-electron chi connectivity index (χ4n) is 1.10. The Balaban J connectivity index is 2.41. The molecular weight excluding hydrogens is 322 g/mol. The highest BCUT2D eigenvalue weighted by Crippen LogP contribution is 2.22. The second-order valence-corrected chi connectivity index (χ2v) is 8.61. The molecule has 0 aliphatic heterocycles. The van der Waals surface area contributed by atoms with Gasteiger partial charge in [-0.05, 0) is 48.1 Å². The summed E-state index contributed by atoms with van der Waals surface area (Å²) in [4.78, 5) is 12.4. The number of thiophene rings is 1. The Bertz CT molecular complexity index is 423. The van der Waals surface area contributed by atoms with E-state index < -0.39 is 10.8 Å². The van der Waals surface area contributed by atoms with Gasteiger partial charge in [0.15, 0.2) is 0 Å². The van der Waals surface area contributed by atoms with Crippen LogP contribution in [0, 0.1) is 0 Å². The predicted octanol–water partition coefficient (Wildman–Crippen LogP) is 2.79. The van der Waals surface area contributed by atoms with Crippen molar-refractivity contribution >= 4 is 44.0 Å². The Hall–Kier alpha value is -0.200. The van der Waals surface area contributed by atoms with Crippen LogP contribution in [0.1, 0.15) is 30.4 Å². The Morgan fingerprint density at radius 2 is 2.18 bits per heavy atom. The van der Waals surface area contributed by atoms with Crippen LogP contribution < -0.4 is 5.32 Å². The highest BCUT2D eigenvalue weighted by molar-refractivity contribution is 9.10. The van der Waals surface area contributed by atoms with Gasteiger partial charge >= 0.3 is 0 Å². The van der Waals surface area contributed by atoms with Crippen molar-refractivity contribution in [1.29, 1.82) is 0 Å². The summed E-state index contributed by atoms with van der Waals surface area (Å²) in [5, 5.41) is 4.63. The molecule has 3 nitrogen and oxygen atoms in total. The van der Waals surface area contributed by atoms with E-state index in [2.05, 4.69) is 21.2 Å². The number of carbonyl (C=O) groups excluding carboxylic acids is 1. The molecule has 0 aliphatic rings. The lowest BCUT2D eigenvalue weighted by molar-refractivity contribution is 0.0959. The van der Waals surface area contributed by atoms with Crippen LogP contribution in [-0.2, 0) is 10.8 Å². The number of halogens is 1. The quantitative estimate of drug-likeness (QED) is 0.918. The summed E-state index contributed by atoms with van der Waals surface area (Å²) >= 11 is 4.70. The molecule has 1 rings (SSSR count). The minimum atomic E-state index is -0.929. The van der Waals surface area contributed by atoms with E-state index in [0.717, 1.165) is 4.47 Å².